The van der Waals surface area contributed by atoms with Gasteiger partial charge in [-0.3, -0.25) is 4.79 Å². The number of ether oxygens (including phenoxy) is 1. The molecule has 3 nitrogen and oxygen atoms in total. The van der Waals surface area contributed by atoms with Crippen LogP contribution in [-0.4, -0.2) is 25.2 Å². The van der Waals surface area contributed by atoms with Crippen LogP contribution in [-0.2, 0) is 9.53 Å². The summed E-state index contributed by atoms with van der Waals surface area (Å²) >= 11 is 0. The van der Waals surface area contributed by atoms with E-state index in [4.69, 9.17) is 4.74 Å². The number of carbonyl (C=O) groups excluding carboxylic acids is 1. The van der Waals surface area contributed by atoms with E-state index in [1.165, 1.54) is 0 Å². The van der Waals surface area contributed by atoms with E-state index < -0.39 is 0 Å². The van der Waals surface area contributed by atoms with Gasteiger partial charge in [-0.25, -0.2) is 0 Å². The highest BCUT2D eigenvalue weighted by Crippen LogP contribution is 2.30. The lowest BCUT2D eigenvalue weighted by atomic mass is 10.1. The molecule has 0 amide bonds. The molecule has 1 N–H and O–H groups in total. The highest BCUT2D eigenvalue weighted by Gasteiger charge is 2.33. The second-order valence-electron chi connectivity index (χ2n) is 3.68. The van der Waals surface area contributed by atoms with Gasteiger partial charge in [0.25, 0.3) is 0 Å². The largest absolute Gasteiger partial charge is 0.461 e. The Morgan fingerprint density at radius 2 is 2.17 bits per heavy atom. The predicted octanol–water partition coefficient (Wildman–Crippen LogP) is 0.692. The number of rotatable bonds is 2. The third kappa shape index (κ3) is 1.97. The second kappa shape index (κ2) is 3.44. The lowest BCUT2D eigenvalue weighted by Crippen LogP contribution is -2.36. The number of esters is 1. The Labute approximate surface area is 72.5 Å². The molecule has 2 rings (SSSR count). The summed E-state index contributed by atoms with van der Waals surface area (Å²) in [5.41, 5.74) is 0. The first kappa shape index (κ1) is 8.05. The molecule has 12 heavy (non-hydrogen) atoms. The van der Waals surface area contributed by atoms with Crippen molar-refractivity contribution < 1.29 is 9.53 Å². The summed E-state index contributed by atoms with van der Waals surface area (Å²) in [4.78, 5) is 11.2. The van der Waals surface area contributed by atoms with E-state index >= 15 is 0 Å². The summed E-state index contributed by atoms with van der Waals surface area (Å²) in [7, 11) is 0. The van der Waals surface area contributed by atoms with Crippen molar-refractivity contribution in [2.24, 2.45) is 5.92 Å². The Balaban J connectivity index is 1.73. The van der Waals surface area contributed by atoms with Crippen LogP contribution in [0.15, 0.2) is 0 Å². The minimum absolute atomic E-state index is 0.0312. The maximum absolute atomic E-state index is 11.2. The predicted molar refractivity (Wildman–Crippen MR) is 44.7 cm³/mol. The molecule has 1 aliphatic heterocycles. The van der Waals surface area contributed by atoms with Crippen LogP contribution >= 0.6 is 0 Å². The molecule has 0 spiro atoms. The van der Waals surface area contributed by atoms with Gasteiger partial charge in [0.1, 0.15) is 6.10 Å². The van der Waals surface area contributed by atoms with E-state index in [1.54, 1.807) is 0 Å². The molecule has 1 unspecified atom stereocenters. The zero-order valence-electron chi connectivity index (χ0n) is 7.21. The molecule has 1 aliphatic carbocycles. The zero-order chi connectivity index (χ0) is 8.39. The molecule has 0 bridgehead atoms. The van der Waals surface area contributed by atoms with Crippen molar-refractivity contribution in [1.29, 1.82) is 0 Å². The van der Waals surface area contributed by atoms with Crippen LogP contribution in [0.3, 0.4) is 0 Å². The van der Waals surface area contributed by atoms with Crippen molar-refractivity contribution >= 4 is 5.97 Å². The zero-order valence-corrected chi connectivity index (χ0v) is 7.21. The Bertz CT molecular complexity index is 171. The van der Waals surface area contributed by atoms with Crippen LogP contribution in [0.5, 0.6) is 0 Å². The summed E-state index contributed by atoms with van der Waals surface area (Å²) in [6.45, 7) is 1.91. The van der Waals surface area contributed by atoms with Gasteiger partial charge in [0.2, 0.25) is 0 Å². The number of hydrogen-bond donors (Lipinski definition) is 1. The van der Waals surface area contributed by atoms with Gasteiger partial charge in [-0.2, -0.15) is 0 Å². The Hall–Kier alpha value is -0.570. The molecule has 1 atom stereocenters. The van der Waals surface area contributed by atoms with Crippen molar-refractivity contribution in [2.75, 3.05) is 13.1 Å². The van der Waals surface area contributed by atoms with Crippen molar-refractivity contribution in [3.63, 3.8) is 0 Å². The number of nitrogens with one attached hydrogen (secondary N) is 1. The lowest BCUT2D eigenvalue weighted by Gasteiger charge is -2.22. The summed E-state index contributed by atoms with van der Waals surface area (Å²) in [5.74, 6) is 0.274. The van der Waals surface area contributed by atoms with Crippen molar-refractivity contribution in [1.82, 2.24) is 5.32 Å². The highest BCUT2D eigenvalue weighted by molar-refractivity contribution is 5.75. The van der Waals surface area contributed by atoms with Gasteiger partial charge in [0.05, 0.1) is 5.92 Å². The maximum atomic E-state index is 11.2. The molecule has 1 saturated heterocycles. The standard InChI is InChI=1S/C9H15NO2/c11-9(7-3-4-7)12-8-2-1-5-10-6-8/h7-8,10H,1-6H2. The Morgan fingerprint density at radius 1 is 1.33 bits per heavy atom. The van der Waals surface area contributed by atoms with Crippen LogP contribution in [0, 0.1) is 5.92 Å². The molecule has 0 aromatic heterocycles. The minimum atomic E-state index is 0.0312. The quantitative estimate of drug-likeness (QED) is 0.618. The molecule has 1 saturated carbocycles. The number of carbonyl (C=O) groups is 1. The Kier molecular flexibility index (Phi) is 2.30. The fourth-order valence-corrected chi connectivity index (χ4v) is 1.50. The van der Waals surface area contributed by atoms with Crippen LogP contribution in [0.2, 0.25) is 0 Å². The molecule has 2 aliphatic rings. The molecule has 2 fully saturated rings. The van der Waals surface area contributed by atoms with Gasteiger partial charge in [-0.15, -0.1) is 0 Å². The monoisotopic (exact) mass is 169 g/mol. The third-order valence-electron chi connectivity index (χ3n) is 2.45. The average Bonchev–Trinajstić information content (AvgIpc) is 2.88. The molecule has 3 heteroatoms. The van der Waals surface area contributed by atoms with Gasteiger partial charge in [-0.05, 0) is 32.2 Å². The smallest absolute Gasteiger partial charge is 0.309 e. The van der Waals surface area contributed by atoms with Crippen LogP contribution in [0.4, 0.5) is 0 Å². The van der Waals surface area contributed by atoms with Gasteiger partial charge in [-0.1, -0.05) is 0 Å². The molecule has 1 heterocycles. The van der Waals surface area contributed by atoms with E-state index in [2.05, 4.69) is 5.32 Å². The topological polar surface area (TPSA) is 38.3 Å². The SMILES string of the molecule is O=C(OC1CCCNC1)C1CC1. The van der Waals surface area contributed by atoms with E-state index in [0.717, 1.165) is 38.8 Å². The van der Waals surface area contributed by atoms with E-state index in [9.17, 15) is 4.79 Å². The van der Waals surface area contributed by atoms with Crippen molar-refractivity contribution in [3.8, 4) is 0 Å². The average molecular weight is 169 g/mol. The molecule has 0 aromatic carbocycles. The summed E-state index contributed by atoms with van der Waals surface area (Å²) < 4.78 is 5.31. The van der Waals surface area contributed by atoms with Gasteiger partial charge in [0, 0.05) is 6.54 Å². The molecule has 0 aromatic rings. The van der Waals surface area contributed by atoms with Gasteiger partial charge in [0.15, 0.2) is 0 Å². The molecule has 0 radical (unpaired) electrons. The van der Waals surface area contributed by atoms with E-state index in [-0.39, 0.29) is 18.0 Å². The lowest BCUT2D eigenvalue weighted by molar-refractivity contribution is -0.151. The van der Waals surface area contributed by atoms with E-state index in [0.29, 0.717) is 0 Å². The van der Waals surface area contributed by atoms with E-state index in [1.807, 2.05) is 0 Å². The van der Waals surface area contributed by atoms with Gasteiger partial charge >= 0.3 is 5.97 Å². The van der Waals surface area contributed by atoms with Crippen molar-refractivity contribution in [2.45, 2.75) is 31.8 Å². The maximum Gasteiger partial charge on any atom is 0.309 e. The third-order valence-corrected chi connectivity index (χ3v) is 2.45. The normalized spacial score (nSPS) is 29.8. The van der Waals surface area contributed by atoms with Crippen LogP contribution in [0.25, 0.3) is 0 Å². The van der Waals surface area contributed by atoms with Crippen LogP contribution < -0.4 is 5.32 Å². The molecular formula is C9H15NO2. The summed E-state index contributed by atoms with van der Waals surface area (Å²) in [5, 5.41) is 3.22. The Morgan fingerprint density at radius 3 is 2.75 bits per heavy atom. The second-order valence-corrected chi connectivity index (χ2v) is 3.68. The summed E-state index contributed by atoms with van der Waals surface area (Å²) in [6.07, 6.45) is 4.39. The highest BCUT2D eigenvalue weighted by atomic mass is 16.5. The molecule has 68 valence electrons. The molecular weight excluding hydrogens is 154 g/mol. The first-order valence-electron chi connectivity index (χ1n) is 4.77. The fraction of sp³-hybridized carbons (Fsp3) is 0.889. The van der Waals surface area contributed by atoms with Crippen molar-refractivity contribution in [3.05, 3.63) is 0 Å². The summed E-state index contributed by atoms with van der Waals surface area (Å²) in [6, 6.07) is 0. The number of piperidine rings is 1. The first-order valence-corrected chi connectivity index (χ1v) is 4.77. The fourth-order valence-electron chi connectivity index (χ4n) is 1.50. The number of hydrogen-bond acceptors (Lipinski definition) is 3. The van der Waals surface area contributed by atoms with Gasteiger partial charge < -0.3 is 10.1 Å². The first-order chi connectivity index (χ1) is 5.86. The van der Waals surface area contributed by atoms with Crippen LogP contribution in [0.1, 0.15) is 25.7 Å². The minimum Gasteiger partial charge on any atom is -0.461 e.